The van der Waals surface area contributed by atoms with Crippen molar-refractivity contribution in [3.63, 3.8) is 0 Å². The molecule has 0 aliphatic carbocycles. The van der Waals surface area contributed by atoms with Crippen LogP contribution in [0.2, 0.25) is 0 Å². The van der Waals surface area contributed by atoms with E-state index in [-0.39, 0.29) is 0 Å². The zero-order valence-corrected chi connectivity index (χ0v) is 8.21. The molecule has 1 aliphatic rings. The fourth-order valence-electron chi connectivity index (χ4n) is 1.15. The lowest BCUT2D eigenvalue weighted by Crippen LogP contribution is -2.46. The number of hydrogen-bond donors (Lipinski definition) is 8. The number of hydrogen-bond acceptors (Lipinski definition) is 9. The Bertz CT molecular complexity index is 200. The van der Waals surface area contributed by atoms with Crippen LogP contribution in [-0.2, 0) is 4.74 Å². The first-order valence-electron chi connectivity index (χ1n) is 4.30. The largest absolute Gasteiger partial charge is 0.631 e. The molecule has 0 aromatic rings. The Morgan fingerprint density at radius 1 is 1.12 bits per heavy atom. The highest BCUT2D eigenvalue weighted by Gasteiger charge is 2.52. The summed E-state index contributed by atoms with van der Waals surface area (Å²) in [4.78, 5) is 0. The lowest BCUT2D eigenvalue weighted by atomic mass is 10.1. The van der Waals surface area contributed by atoms with Gasteiger partial charge in [-0.3, -0.25) is 0 Å². The van der Waals surface area contributed by atoms with Crippen LogP contribution in [0.4, 0.5) is 0 Å². The van der Waals surface area contributed by atoms with E-state index in [9.17, 15) is 5.11 Å². The molecule has 0 spiro atoms. The van der Waals surface area contributed by atoms with Crippen LogP contribution in [0.1, 0.15) is 0 Å². The molecule has 96 valence electrons. The van der Waals surface area contributed by atoms with Gasteiger partial charge in [0.1, 0.15) is 18.3 Å². The highest BCUT2D eigenvalue weighted by Crippen LogP contribution is 2.28. The number of ether oxygens (including phenoxy) is 1. The first-order chi connectivity index (χ1) is 7.28. The van der Waals surface area contributed by atoms with Gasteiger partial charge in [-0.2, -0.15) is 0 Å². The summed E-state index contributed by atoms with van der Waals surface area (Å²) < 4.78 is 4.63. The molecule has 1 aliphatic heterocycles. The topological polar surface area (TPSA) is 171 Å². The first-order valence-corrected chi connectivity index (χ1v) is 4.30. The fraction of sp³-hybridized carbons (Fsp3) is 1.00. The molecule has 0 saturated carbocycles. The average molecular weight is 242 g/mol. The van der Waals surface area contributed by atoms with E-state index in [0.717, 1.165) is 0 Å². The van der Waals surface area contributed by atoms with Gasteiger partial charge in [0.25, 0.3) is 0 Å². The molecular weight excluding hydrogens is 227 g/mol. The summed E-state index contributed by atoms with van der Waals surface area (Å²) in [6, 6.07) is 0. The normalized spacial score (nSPS) is 37.9. The van der Waals surface area contributed by atoms with Crippen LogP contribution < -0.4 is 0 Å². The Balaban J connectivity index is 0.000000487. The third-order valence-electron chi connectivity index (χ3n) is 1.93. The molecular formula is C6H15BO9. The molecule has 16 heavy (non-hydrogen) atoms. The van der Waals surface area contributed by atoms with Crippen molar-refractivity contribution in [2.24, 2.45) is 0 Å². The van der Waals surface area contributed by atoms with Gasteiger partial charge in [-0.05, 0) is 0 Å². The number of rotatable bonds is 2. The maximum Gasteiger partial charge on any atom is 0.631 e. The predicted molar refractivity (Wildman–Crippen MR) is 48.4 cm³/mol. The summed E-state index contributed by atoms with van der Waals surface area (Å²) in [6.07, 6.45) is -4.04. The van der Waals surface area contributed by atoms with Crippen molar-refractivity contribution >= 4 is 7.32 Å². The van der Waals surface area contributed by atoms with E-state index in [2.05, 4.69) is 4.74 Å². The Kier molecular flexibility index (Phi) is 6.32. The molecule has 1 heterocycles. The average Bonchev–Trinajstić information content (AvgIpc) is 2.43. The standard InChI is InChI=1S/C6H12O6.BH3O3/c7-1-3-4(9)5(10)6(11,2-8)12-3;2-1(3)4/h3-5,7-11H,1-2H2;2-4H/t3-,4-,5+,6-;/m1./s1. The SMILES string of the molecule is OB(O)O.OC[C@H]1O[C@](O)(CO)[C@@H](O)[C@@H]1O. The Labute approximate surface area is 91.0 Å². The molecule has 1 rings (SSSR count). The molecule has 10 heteroatoms. The lowest BCUT2D eigenvalue weighted by Gasteiger charge is -2.22. The minimum Gasteiger partial charge on any atom is -0.402 e. The lowest BCUT2D eigenvalue weighted by molar-refractivity contribution is -0.248. The molecule has 1 saturated heterocycles. The van der Waals surface area contributed by atoms with Gasteiger partial charge in [-0.25, -0.2) is 0 Å². The van der Waals surface area contributed by atoms with E-state index in [1.165, 1.54) is 0 Å². The van der Waals surface area contributed by atoms with Crippen molar-refractivity contribution in [2.45, 2.75) is 24.1 Å². The van der Waals surface area contributed by atoms with Gasteiger partial charge in [-0.1, -0.05) is 0 Å². The summed E-state index contributed by atoms with van der Waals surface area (Å²) in [5.41, 5.74) is 0. The van der Waals surface area contributed by atoms with E-state index in [4.69, 9.17) is 35.5 Å². The maximum absolute atomic E-state index is 9.25. The van der Waals surface area contributed by atoms with Crippen LogP contribution >= 0.6 is 0 Å². The van der Waals surface area contributed by atoms with E-state index in [0.29, 0.717) is 0 Å². The second-order valence-corrected chi connectivity index (χ2v) is 3.12. The molecule has 4 atom stereocenters. The summed E-state index contributed by atoms with van der Waals surface area (Å²) >= 11 is 0. The second-order valence-electron chi connectivity index (χ2n) is 3.12. The van der Waals surface area contributed by atoms with E-state index < -0.39 is 44.6 Å². The minimum absolute atomic E-state index is 0.527. The fourth-order valence-corrected chi connectivity index (χ4v) is 1.15. The zero-order chi connectivity index (χ0) is 12.9. The van der Waals surface area contributed by atoms with Crippen molar-refractivity contribution in [3.05, 3.63) is 0 Å². The van der Waals surface area contributed by atoms with Crippen LogP contribution in [-0.4, -0.2) is 85.2 Å². The summed E-state index contributed by atoms with van der Waals surface area (Å²) in [5.74, 6) is -2.16. The second kappa shape index (κ2) is 6.44. The van der Waals surface area contributed by atoms with Gasteiger partial charge in [0, 0.05) is 0 Å². The zero-order valence-electron chi connectivity index (χ0n) is 8.21. The van der Waals surface area contributed by atoms with Crippen molar-refractivity contribution in [2.75, 3.05) is 13.2 Å². The summed E-state index contributed by atoms with van der Waals surface area (Å²) in [7, 11) is -2.17. The Morgan fingerprint density at radius 2 is 1.56 bits per heavy atom. The van der Waals surface area contributed by atoms with Gasteiger partial charge in [0.15, 0.2) is 0 Å². The summed E-state index contributed by atoms with van der Waals surface area (Å²) in [6.45, 7) is -1.36. The quantitative estimate of drug-likeness (QED) is 0.220. The molecule has 0 unspecified atom stereocenters. The van der Waals surface area contributed by atoms with Crippen LogP contribution in [0.25, 0.3) is 0 Å². The molecule has 0 amide bonds. The van der Waals surface area contributed by atoms with Gasteiger partial charge in [0.2, 0.25) is 5.79 Å². The summed E-state index contributed by atoms with van der Waals surface area (Å²) in [5, 5.41) is 66.2. The van der Waals surface area contributed by atoms with Gasteiger partial charge < -0.3 is 45.3 Å². The highest BCUT2D eigenvalue weighted by atomic mass is 16.7. The van der Waals surface area contributed by atoms with E-state index >= 15 is 0 Å². The van der Waals surface area contributed by atoms with E-state index in [1.54, 1.807) is 0 Å². The van der Waals surface area contributed by atoms with Crippen molar-refractivity contribution in [1.82, 2.24) is 0 Å². The predicted octanol–water partition coefficient (Wildman–Crippen LogP) is -5.27. The van der Waals surface area contributed by atoms with Crippen molar-refractivity contribution < 1.29 is 45.3 Å². The molecule has 1 fully saturated rings. The highest BCUT2D eigenvalue weighted by molar-refractivity contribution is 6.30. The van der Waals surface area contributed by atoms with Crippen LogP contribution in [0.15, 0.2) is 0 Å². The third-order valence-corrected chi connectivity index (χ3v) is 1.93. The van der Waals surface area contributed by atoms with Gasteiger partial charge in [0.05, 0.1) is 13.2 Å². The molecule has 8 N–H and O–H groups in total. The van der Waals surface area contributed by atoms with Crippen molar-refractivity contribution in [3.8, 4) is 0 Å². The molecule has 0 radical (unpaired) electrons. The third kappa shape index (κ3) is 3.94. The van der Waals surface area contributed by atoms with Crippen LogP contribution in [0.5, 0.6) is 0 Å². The van der Waals surface area contributed by atoms with Gasteiger partial charge in [-0.15, -0.1) is 0 Å². The van der Waals surface area contributed by atoms with E-state index in [1.807, 2.05) is 0 Å². The molecule has 0 aromatic carbocycles. The molecule has 0 aromatic heterocycles. The number of aliphatic hydroxyl groups excluding tert-OH is 4. The molecule has 0 bridgehead atoms. The maximum atomic E-state index is 9.25. The Morgan fingerprint density at radius 3 is 1.75 bits per heavy atom. The van der Waals surface area contributed by atoms with Crippen molar-refractivity contribution in [1.29, 1.82) is 0 Å². The van der Waals surface area contributed by atoms with Crippen LogP contribution in [0.3, 0.4) is 0 Å². The first kappa shape index (κ1) is 15.7. The number of aliphatic hydroxyl groups is 5. The monoisotopic (exact) mass is 242 g/mol. The smallest absolute Gasteiger partial charge is 0.402 e. The van der Waals surface area contributed by atoms with Gasteiger partial charge >= 0.3 is 7.32 Å². The molecule has 9 nitrogen and oxygen atoms in total. The van der Waals surface area contributed by atoms with Crippen LogP contribution in [0, 0.1) is 0 Å². The minimum atomic E-state index is -2.17. The Hall–Kier alpha value is -0.295.